The maximum Gasteiger partial charge on any atom is 0.341 e. The minimum Gasteiger partial charge on any atom is -0.442 e. The molecule has 0 N–H and O–H groups in total. The molecule has 0 saturated heterocycles. The lowest BCUT2D eigenvalue weighted by atomic mass is 9.82. The number of carbonyl (C=O) groups excluding carboxylic acids is 1. The largest absolute Gasteiger partial charge is 0.442 e. The van der Waals surface area contributed by atoms with Gasteiger partial charge in [-0.25, -0.2) is 4.79 Å². The van der Waals surface area contributed by atoms with Crippen LogP contribution in [0.25, 0.3) is 11.1 Å². The zero-order chi connectivity index (χ0) is 38.7. The molecule has 0 aliphatic carbocycles. The van der Waals surface area contributed by atoms with Crippen molar-refractivity contribution in [3.05, 3.63) is 199 Å². The first kappa shape index (κ1) is 39.0. The molecule has 0 atom stereocenters. The van der Waals surface area contributed by atoms with Crippen molar-refractivity contribution in [3.63, 3.8) is 0 Å². The number of hydrogen-bond donors (Lipinski definition) is 0. The van der Waals surface area contributed by atoms with Gasteiger partial charge in [0.2, 0.25) is 0 Å². The third-order valence-electron chi connectivity index (χ3n) is 9.61. The summed E-state index contributed by atoms with van der Waals surface area (Å²) in [6.07, 6.45) is 7.60. The summed E-state index contributed by atoms with van der Waals surface area (Å²) in [6.45, 7) is 13.2. The molecule has 0 radical (unpaired) electrons. The predicted molar refractivity (Wildman–Crippen MR) is 230 cm³/mol. The highest BCUT2D eigenvalue weighted by molar-refractivity contribution is 6.53. The third kappa shape index (κ3) is 7.76. The molecule has 0 spiro atoms. The number of hydrogen-bond acceptors (Lipinski definition) is 4. The Morgan fingerprint density at radius 2 is 0.944 bits per heavy atom. The van der Waals surface area contributed by atoms with E-state index in [2.05, 4.69) is 120 Å². The van der Waals surface area contributed by atoms with E-state index in [-0.39, 0.29) is 25.7 Å². The van der Waals surface area contributed by atoms with E-state index in [0.29, 0.717) is 18.7 Å². The van der Waals surface area contributed by atoms with Crippen molar-refractivity contribution in [2.45, 2.75) is 19.4 Å². The van der Waals surface area contributed by atoms with E-state index in [4.69, 9.17) is 51.1 Å². The minimum atomic E-state index is -1.60. The number of rotatable bonds is 12. The van der Waals surface area contributed by atoms with Gasteiger partial charge in [0.25, 0.3) is 0 Å². The maximum absolute atomic E-state index is 14.1. The molecule has 54 heavy (non-hydrogen) atoms. The van der Waals surface area contributed by atoms with Gasteiger partial charge in [-0.05, 0) is 83.7 Å². The topological polar surface area (TPSA) is 32.8 Å². The van der Waals surface area contributed by atoms with Crippen LogP contribution in [-0.4, -0.2) is 33.2 Å². The van der Waals surface area contributed by atoms with E-state index in [1.54, 1.807) is 0 Å². The number of esters is 1. The van der Waals surface area contributed by atoms with Crippen LogP contribution in [0.1, 0.15) is 49.3 Å². The highest BCUT2D eigenvalue weighted by Crippen LogP contribution is 2.53. The van der Waals surface area contributed by atoms with Gasteiger partial charge >= 0.3 is 5.97 Å². The van der Waals surface area contributed by atoms with E-state index < -0.39 is 11.6 Å². The van der Waals surface area contributed by atoms with Gasteiger partial charge in [0.15, 0.2) is 5.60 Å². The second kappa shape index (κ2) is 16.3. The van der Waals surface area contributed by atoms with E-state index in [0.717, 1.165) is 55.9 Å². The summed E-state index contributed by atoms with van der Waals surface area (Å²) >= 11 is 27.3. The number of benzene rings is 5. The molecule has 6 rings (SSSR count). The minimum absolute atomic E-state index is 0.0150. The summed E-state index contributed by atoms with van der Waals surface area (Å²) in [5.41, 5.74) is 8.21. The van der Waals surface area contributed by atoms with Gasteiger partial charge in [-0.3, -0.25) is 0 Å². The molecule has 0 saturated carbocycles. The van der Waals surface area contributed by atoms with E-state index in [1.807, 2.05) is 52.2 Å². The standard InChI is InChI=1S/C46H40Cl4N2O2/c1-7-25-51(5)35-21-17-33(18-22-35)37(31-13-9-29(3)10-14-31)27-46(40-39(45(53)54-46)41(47)43(49)44(50)42(40)48)28-38(32-15-11-30(4)12-16-32)34-19-23-36(24-20-34)52(6)26-8-2/h7-24,27-28H,1-2,25-26H2,3-6H3. The number of cyclic esters (lactones) is 1. The van der Waals surface area contributed by atoms with Crippen molar-refractivity contribution in [2.75, 3.05) is 37.0 Å². The lowest BCUT2D eigenvalue weighted by Crippen LogP contribution is -2.23. The van der Waals surface area contributed by atoms with Gasteiger partial charge in [0.05, 0.1) is 25.7 Å². The second-order valence-corrected chi connectivity index (χ2v) is 15.0. The van der Waals surface area contributed by atoms with Crippen LogP contribution in [-0.2, 0) is 10.3 Å². The number of aryl methyl sites for hydroxylation is 2. The second-order valence-electron chi connectivity index (χ2n) is 13.5. The van der Waals surface area contributed by atoms with Crippen LogP contribution in [0.2, 0.25) is 20.1 Å². The summed E-state index contributed by atoms with van der Waals surface area (Å²) in [5, 5.41) is 0.0739. The molecule has 8 heteroatoms. The molecule has 0 bridgehead atoms. The van der Waals surface area contributed by atoms with Gasteiger partial charge in [-0.15, -0.1) is 13.2 Å². The summed E-state index contributed by atoms with van der Waals surface area (Å²) in [5.74, 6) is -0.669. The van der Waals surface area contributed by atoms with Gasteiger partial charge in [0, 0.05) is 44.1 Å². The Balaban J connectivity index is 1.70. The van der Waals surface area contributed by atoms with Crippen molar-refractivity contribution in [3.8, 4) is 0 Å². The fourth-order valence-corrected chi connectivity index (χ4v) is 7.72. The average molecular weight is 795 g/mol. The normalized spacial score (nSPS) is 15.4. The molecular formula is C46H40Cl4N2O2. The van der Waals surface area contributed by atoms with Crippen LogP contribution in [0.15, 0.2) is 135 Å². The smallest absolute Gasteiger partial charge is 0.341 e. The lowest BCUT2D eigenvalue weighted by molar-refractivity contribution is 0.0300. The lowest BCUT2D eigenvalue weighted by Gasteiger charge is -2.27. The first-order valence-electron chi connectivity index (χ1n) is 17.4. The van der Waals surface area contributed by atoms with E-state index in [1.165, 1.54) is 0 Å². The molecule has 5 aromatic rings. The number of anilines is 2. The van der Waals surface area contributed by atoms with Crippen LogP contribution >= 0.6 is 46.4 Å². The van der Waals surface area contributed by atoms with Gasteiger partial charge in [-0.1, -0.05) is 142 Å². The molecule has 0 fully saturated rings. The zero-order valence-corrected chi connectivity index (χ0v) is 33.6. The van der Waals surface area contributed by atoms with Crippen molar-refractivity contribution >= 4 is 74.9 Å². The summed E-state index contributed by atoms with van der Waals surface area (Å²) in [4.78, 5) is 18.3. The number of likely N-dealkylation sites (N-methyl/N-ethyl adjacent to an activating group) is 2. The molecule has 0 amide bonds. The Kier molecular flexibility index (Phi) is 11.8. The quantitative estimate of drug-likeness (QED) is 0.0545. The summed E-state index contributed by atoms with van der Waals surface area (Å²) in [6, 6.07) is 32.9. The SMILES string of the molecule is C=CCN(C)c1ccc(C(=CC2(C=C(c3ccc(C)cc3)c3ccc(N(C)CC=C)cc3)OC(=O)c3c(Cl)c(Cl)c(Cl)c(Cl)c32)c2ccc(C)cc2)cc1. The monoisotopic (exact) mass is 792 g/mol. The predicted octanol–water partition coefficient (Wildman–Crippen LogP) is 12.8. The fraction of sp³-hybridized carbons (Fsp3) is 0.152. The summed E-state index contributed by atoms with van der Waals surface area (Å²) < 4.78 is 6.56. The Hall–Kier alpha value is -4.71. The van der Waals surface area contributed by atoms with Gasteiger partial charge in [0.1, 0.15) is 0 Å². The molecule has 1 heterocycles. The Morgan fingerprint density at radius 3 is 1.31 bits per heavy atom. The van der Waals surface area contributed by atoms with Crippen LogP contribution < -0.4 is 9.80 Å². The first-order valence-corrected chi connectivity index (χ1v) is 18.9. The Bertz CT molecular complexity index is 2160. The van der Waals surface area contributed by atoms with Crippen LogP contribution in [0.4, 0.5) is 11.4 Å². The number of ether oxygens (including phenoxy) is 1. The number of nitrogens with zero attached hydrogens (tertiary/aromatic N) is 2. The van der Waals surface area contributed by atoms with Crippen LogP contribution in [0.5, 0.6) is 0 Å². The molecule has 5 aromatic carbocycles. The average Bonchev–Trinajstić information content (AvgIpc) is 3.46. The van der Waals surface area contributed by atoms with Gasteiger partial charge in [-0.2, -0.15) is 0 Å². The fourth-order valence-electron chi connectivity index (χ4n) is 6.64. The zero-order valence-electron chi connectivity index (χ0n) is 30.6. The molecule has 1 aliphatic heterocycles. The van der Waals surface area contributed by atoms with Crippen LogP contribution in [0.3, 0.4) is 0 Å². The summed E-state index contributed by atoms with van der Waals surface area (Å²) in [7, 11) is 4.03. The number of fused-ring (bicyclic) bond motifs is 1. The Morgan fingerprint density at radius 1 is 0.593 bits per heavy atom. The van der Waals surface area contributed by atoms with Crippen molar-refractivity contribution in [2.24, 2.45) is 0 Å². The highest BCUT2D eigenvalue weighted by atomic mass is 35.5. The third-order valence-corrected chi connectivity index (χ3v) is 11.4. The Labute approximate surface area is 338 Å². The molecule has 0 aromatic heterocycles. The highest BCUT2D eigenvalue weighted by Gasteiger charge is 2.48. The molecule has 274 valence electrons. The van der Waals surface area contributed by atoms with Crippen molar-refractivity contribution < 1.29 is 9.53 Å². The van der Waals surface area contributed by atoms with Crippen molar-refractivity contribution in [1.29, 1.82) is 0 Å². The molecule has 0 unspecified atom stereocenters. The number of carbonyl (C=O) groups is 1. The van der Waals surface area contributed by atoms with Crippen molar-refractivity contribution in [1.82, 2.24) is 0 Å². The molecule has 4 nitrogen and oxygen atoms in total. The molecular weight excluding hydrogens is 754 g/mol. The van der Waals surface area contributed by atoms with E-state index in [9.17, 15) is 4.79 Å². The van der Waals surface area contributed by atoms with E-state index >= 15 is 0 Å². The maximum atomic E-state index is 14.1. The molecule has 1 aliphatic rings. The van der Waals surface area contributed by atoms with Gasteiger partial charge < -0.3 is 14.5 Å². The van der Waals surface area contributed by atoms with Crippen LogP contribution in [0, 0.1) is 13.8 Å². The number of halogens is 4. The first-order chi connectivity index (χ1) is 25.9.